The highest BCUT2D eigenvalue weighted by Crippen LogP contribution is 2.44. The SMILES string of the molecule is C#C/C=C\C/C=C1\O[C@@H]2[C@H]3OC(C)(C)O[C@H]3O[C@@H]2[C@@H]1O. The molecule has 0 unspecified atom stereocenters. The number of terminal acetylenes is 1. The van der Waals surface area contributed by atoms with Gasteiger partial charge in [-0.3, -0.25) is 0 Å². The van der Waals surface area contributed by atoms with Gasteiger partial charge in [0, 0.05) is 0 Å². The lowest BCUT2D eigenvalue weighted by atomic mass is 10.1. The van der Waals surface area contributed by atoms with Crippen molar-refractivity contribution in [1.82, 2.24) is 0 Å². The molecule has 0 aliphatic carbocycles. The molecule has 20 heavy (non-hydrogen) atoms. The summed E-state index contributed by atoms with van der Waals surface area (Å²) in [6.07, 6.45) is 8.61. The average Bonchev–Trinajstić information content (AvgIpc) is 2.95. The fourth-order valence-electron chi connectivity index (χ4n) is 2.77. The van der Waals surface area contributed by atoms with Crippen LogP contribution in [0.25, 0.3) is 0 Å². The molecule has 5 nitrogen and oxygen atoms in total. The molecular weight excluding hydrogens is 260 g/mol. The molecule has 0 spiro atoms. The van der Waals surface area contributed by atoms with Gasteiger partial charge in [-0.1, -0.05) is 12.0 Å². The zero-order valence-electron chi connectivity index (χ0n) is 11.5. The van der Waals surface area contributed by atoms with Crippen LogP contribution in [0.3, 0.4) is 0 Å². The topological polar surface area (TPSA) is 57.2 Å². The first-order valence-electron chi connectivity index (χ1n) is 6.69. The molecule has 3 aliphatic heterocycles. The lowest BCUT2D eigenvalue weighted by Gasteiger charge is -2.21. The van der Waals surface area contributed by atoms with Gasteiger partial charge < -0.3 is 24.1 Å². The van der Waals surface area contributed by atoms with Gasteiger partial charge in [-0.15, -0.1) is 6.42 Å². The molecule has 3 saturated heterocycles. The standard InChI is InChI=1S/C15H18O5/c1-4-5-6-7-8-9-10(16)11-12(17-9)13-14(18-11)20-15(2,3)19-13/h1,5-6,8,10-14,16H,7H2,2-3H3/b6-5-,9-8-/t10-,11-,12+,13-,14-/m1/s1. The smallest absolute Gasteiger partial charge is 0.191 e. The zero-order chi connectivity index (χ0) is 14.3. The predicted molar refractivity (Wildman–Crippen MR) is 70.3 cm³/mol. The number of rotatable bonds is 2. The summed E-state index contributed by atoms with van der Waals surface area (Å²) in [6, 6.07) is 0. The molecule has 5 atom stereocenters. The fourth-order valence-corrected chi connectivity index (χ4v) is 2.77. The Hall–Kier alpha value is -1.32. The van der Waals surface area contributed by atoms with Crippen LogP contribution < -0.4 is 0 Å². The highest BCUT2D eigenvalue weighted by atomic mass is 16.8. The van der Waals surface area contributed by atoms with Crippen LogP contribution in [0.2, 0.25) is 0 Å². The van der Waals surface area contributed by atoms with E-state index in [4.69, 9.17) is 25.4 Å². The average molecular weight is 278 g/mol. The summed E-state index contributed by atoms with van der Waals surface area (Å²) in [6.45, 7) is 3.66. The number of fused-ring (bicyclic) bond motifs is 3. The summed E-state index contributed by atoms with van der Waals surface area (Å²) in [5.41, 5.74) is 0. The molecule has 3 aliphatic rings. The van der Waals surface area contributed by atoms with Gasteiger partial charge in [-0.25, -0.2) is 0 Å². The number of ether oxygens (including phenoxy) is 4. The van der Waals surface area contributed by atoms with Crippen LogP contribution in [-0.4, -0.2) is 41.6 Å². The summed E-state index contributed by atoms with van der Waals surface area (Å²) in [5, 5.41) is 10.2. The van der Waals surface area contributed by atoms with E-state index in [1.807, 2.05) is 19.9 Å². The van der Waals surface area contributed by atoms with Gasteiger partial charge in [-0.05, 0) is 32.4 Å². The first-order valence-corrected chi connectivity index (χ1v) is 6.69. The van der Waals surface area contributed by atoms with E-state index in [2.05, 4.69) is 5.92 Å². The van der Waals surface area contributed by atoms with Gasteiger partial charge in [0.05, 0.1) is 0 Å². The Kier molecular flexibility index (Phi) is 3.35. The van der Waals surface area contributed by atoms with Crippen LogP contribution in [0, 0.1) is 12.3 Å². The molecule has 0 aromatic heterocycles. The Morgan fingerprint density at radius 3 is 2.85 bits per heavy atom. The normalized spacial score (nSPS) is 43.5. The Balaban J connectivity index is 1.69. The van der Waals surface area contributed by atoms with Crippen molar-refractivity contribution in [3.8, 4) is 12.3 Å². The summed E-state index contributed by atoms with van der Waals surface area (Å²) in [5.74, 6) is 2.23. The number of hydrogen-bond donors (Lipinski definition) is 1. The fraction of sp³-hybridized carbons (Fsp3) is 0.600. The lowest BCUT2D eigenvalue weighted by Crippen LogP contribution is -2.35. The minimum absolute atomic E-state index is 0.309. The van der Waals surface area contributed by atoms with Crippen molar-refractivity contribution in [2.45, 2.75) is 56.8 Å². The molecule has 3 heterocycles. The van der Waals surface area contributed by atoms with E-state index in [0.717, 1.165) is 0 Å². The summed E-state index contributed by atoms with van der Waals surface area (Å²) in [4.78, 5) is 0. The highest BCUT2D eigenvalue weighted by molar-refractivity contribution is 5.18. The van der Waals surface area contributed by atoms with Crippen molar-refractivity contribution in [2.24, 2.45) is 0 Å². The quantitative estimate of drug-likeness (QED) is 0.766. The molecule has 0 aromatic rings. The molecule has 108 valence electrons. The molecule has 0 amide bonds. The third kappa shape index (κ3) is 2.25. The van der Waals surface area contributed by atoms with Crippen LogP contribution in [-0.2, 0) is 18.9 Å². The maximum atomic E-state index is 10.2. The number of aliphatic hydroxyl groups is 1. The Morgan fingerprint density at radius 1 is 1.30 bits per heavy atom. The van der Waals surface area contributed by atoms with Gasteiger partial charge in [-0.2, -0.15) is 0 Å². The molecule has 0 radical (unpaired) electrons. The van der Waals surface area contributed by atoms with E-state index < -0.39 is 24.3 Å². The Morgan fingerprint density at radius 2 is 2.10 bits per heavy atom. The third-order valence-electron chi connectivity index (χ3n) is 3.57. The van der Waals surface area contributed by atoms with Gasteiger partial charge in [0.25, 0.3) is 0 Å². The molecule has 3 fully saturated rings. The van der Waals surface area contributed by atoms with E-state index in [1.165, 1.54) is 0 Å². The summed E-state index contributed by atoms with van der Waals surface area (Å²) in [7, 11) is 0. The molecule has 0 aromatic carbocycles. The van der Waals surface area contributed by atoms with E-state index in [9.17, 15) is 5.11 Å². The highest BCUT2D eigenvalue weighted by Gasteiger charge is 2.61. The second-order valence-corrected chi connectivity index (χ2v) is 5.51. The molecule has 3 rings (SSSR count). The van der Waals surface area contributed by atoms with E-state index in [1.54, 1.807) is 12.2 Å². The van der Waals surface area contributed by atoms with Crippen molar-refractivity contribution < 1.29 is 24.1 Å². The van der Waals surface area contributed by atoms with Crippen LogP contribution in [0.1, 0.15) is 20.3 Å². The summed E-state index contributed by atoms with van der Waals surface area (Å²) >= 11 is 0. The molecule has 5 heteroatoms. The van der Waals surface area contributed by atoms with Crippen LogP contribution in [0.5, 0.6) is 0 Å². The van der Waals surface area contributed by atoms with Crippen LogP contribution in [0.4, 0.5) is 0 Å². The molecule has 0 bridgehead atoms. The van der Waals surface area contributed by atoms with Gasteiger partial charge in [0.15, 0.2) is 24.3 Å². The first kappa shape index (κ1) is 13.7. The van der Waals surface area contributed by atoms with Crippen molar-refractivity contribution in [2.75, 3.05) is 0 Å². The van der Waals surface area contributed by atoms with Crippen LogP contribution in [0.15, 0.2) is 24.0 Å². The van der Waals surface area contributed by atoms with Crippen molar-refractivity contribution in [1.29, 1.82) is 0 Å². The van der Waals surface area contributed by atoms with Crippen molar-refractivity contribution in [3.63, 3.8) is 0 Å². The van der Waals surface area contributed by atoms with Gasteiger partial charge in [0.2, 0.25) is 0 Å². The molecule has 1 N–H and O–H groups in total. The lowest BCUT2D eigenvalue weighted by molar-refractivity contribution is -0.214. The predicted octanol–water partition coefficient (Wildman–Crippen LogP) is 1.09. The second-order valence-electron chi connectivity index (χ2n) is 5.51. The third-order valence-corrected chi connectivity index (χ3v) is 3.57. The first-order chi connectivity index (χ1) is 9.52. The Labute approximate surface area is 118 Å². The van der Waals surface area contributed by atoms with E-state index in [0.29, 0.717) is 12.2 Å². The van der Waals surface area contributed by atoms with Gasteiger partial charge in [0.1, 0.15) is 18.0 Å². The van der Waals surface area contributed by atoms with Crippen molar-refractivity contribution >= 4 is 0 Å². The minimum atomic E-state index is -0.792. The van der Waals surface area contributed by atoms with Gasteiger partial charge >= 0.3 is 0 Å². The maximum absolute atomic E-state index is 10.2. The van der Waals surface area contributed by atoms with Crippen molar-refractivity contribution in [3.05, 3.63) is 24.0 Å². The van der Waals surface area contributed by atoms with E-state index >= 15 is 0 Å². The van der Waals surface area contributed by atoms with E-state index in [-0.39, 0.29) is 12.2 Å². The number of allylic oxidation sites excluding steroid dienone is 3. The molecular formula is C15H18O5. The summed E-state index contributed by atoms with van der Waals surface area (Å²) < 4.78 is 22.9. The molecule has 0 saturated carbocycles. The largest absolute Gasteiger partial charge is 0.486 e. The monoisotopic (exact) mass is 278 g/mol. The van der Waals surface area contributed by atoms with Crippen LogP contribution >= 0.6 is 0 Å². The Bertz CT molecular complexity index is 487. The zero-order valence-corrected chi connectivity index (χ0v) is 11.5. The maximum Gasteiger partial charge on any atom is 0.191 e. The minimum Gasteiger partial charge on any atom is -0.486 e. The number of hydrogen-bond acceptors (Lipinski definition) is 5. The number of aliphatic hydroxyl groups excluding tert-OH is 1. The second kappa shape index (κ2) is 4.90.